The maximum atomic E-state index is 12.9. The lowest BCUT2D eigenvalue weighted by molar-refractivity contribution is -0.123. The molecular weight excluding hydrogens is 382 g/mol. The highest BCUT2D eigenvalue weighted by Crippen LogP contribution is 2.30. The van der Waals surface area contributed by atoms with Crippen LogP contribution in [0.2, 0.25) is 0 Å². The first kappa shape index (κ1) is 19.4. The van der Waals surface area contributed by atoms with Crippen LogP contribution in [0, 0.1) is 13.8 Å². The normalized spacial score (nSPS) is 15.1. The van der Waals surface area contributed by atoms with Crippen LogP contribution in [-0.4, -0.2) is 21.8 Å². The third-order valence-electron chi connectivity index (χ3n) is 4.87. The van der Waals surface area contributed by atoms with Crippen LogP contribution >= 0.6 is 0 Å². The molecule has 1 aliphatic rings. The molecular formula is C22H21N5O3. The number of nitrogens with zero attached hydrogens (tertiary/aromatic N) is 1. The molecule has 3 aromatic rings. The van der Waals surface area contributed by atoms with Crippen molar-refractivity contribution in [2.75, 3.05) is 16.0 Å². The van der Waals surface area contributed by atoms with Crippen molar-refractivity contribution in [2.45, 2.75) is 26.2 Å². The average molecular weight is 403 g/mol. The van der Waals surface area contributed by atoms with E-state index in [4.69, 9.17) is 0 Å². The van der Waals surface area contributed by atoms with Crippen molar-refractivity contribution < 1.29 is 9.59 Å². The first-order valence-corrected chi connectivity index (χ1v) is 9.54. The number of aromatic nitrogens is 2. The van der Waals surface area contributed by atoms with E-state index in [1.807, 2.05) is 56.3 Å². The summed E-state index contributed by atoms with van der Waals surface area (Å²) in [5.41, 5.74) is 3.10. The predicted octanol–water partition coefficient (Wildman–Crippen LogP) is 3.19. The topological polar surface area (TPSA) is 116 Å². The molecule has 30 heavy (non-hydrogen) atoms. The predicted molar refractivity (Wildman–Crippen MR) is 115 cm³/mol. The van der Waals surface area contributed by atoms with E-state index in [-0.39, 0.29) is 29.7 Å². The third-order valence-corrected chi connectivity index (χ3v) is 4.87. The van der Waals surface area contributed by atoms with E-state index < -0.39 is 17.4 Å². The van der Waals surface area contributed by atoms with Crippen molar-refractivity contribution in [2.24, 2.45) is 0 Å². The van der Waals surface area contributed by atoms with Gasteiger partial charge in [0.2, 0.25) is 17.8 Å². The first-order valence-electron chi connectivity index (χ1n) is 9.54. The number of aromatic amines is 1. The zero-order valence-electron chi connectivity index (χ0n) is 16.6. The van der Waals surface area contributed by atoms with Gasteiger partial charge in [0.15, 0.2) is 0 Å². The second-order valence-electron chi connectivity index (χ2n) is 7.33. The van der Waals surface area contributed by atoms with Gasteiger partial charge in [0.05, 0.1) is 11.5 Å². The minimum atomic E-state index is -0.932. The maximum Gasteiger partial charge on any atom is 0.258 e. The highest BCUT2D eigenvalue weighted by atomic mass is 16.2. The molecule has 0 bridgehead atoms. The Morgan fingerprint density at radius 2 is 1.80 bits per heavy atom. The van der Waals surface area contributed by atoms with Gasteiger partial charge >= 0.3 is 0 Å². The molecule has 2 aromatic carbocycles. The second-order valence-corrected chi connectivity index (χ2v) is 7.33. The Labute approximate surface area is 172 Å². The Balaban J connectivity index is 1.63. The number of hydrogen-bond acceptors (Lipinski definition) is 5. The van der Waals surface area contributed by atoms with E-state index in [1.54, 1.807) is 6.07 Å². The van der Waals surface area contributed by atoms with Crippen LogP contribution in [0.4, 0.5) is 23.1 Å². The highest BCUT2D eigenvalue weighted by Gasteiger charge is 2.34. The summed E-state index contributed by atoms with van der Waals surface area (Å²) in [7, 11) is 0. The molecule has 1 aromatic heterocycles. The van der Waals surface area contributed by atoms with Gasteiger partial charge in [-0.2, -0.15) is 4.98 Å². The maximum absolute atomic E-state index is 12.9. The van der Waals surface area contributed by atoms with E-state index in [9.17, 15) is 14.4 Å². The molecule has 4 rings (SSSR count). The summed E-state index contributed by atoms with van der Waals surface area (Å²) in [5.74, 6) is -1.45. The van der Waals surface area contributed by atoms with E-state index in [0.717, 1.165) is 16.8 Å². The lowest BCUT2D eigenvalue weighted by atomic mass is 9.92. The van der Waals surface area contributed by atoms with Gasteiger partial charge in [-0.1, -0.05) is 29.8 Å². The lowest BCUT2D eigenvalue weighted by Gasteiger charge is -2.23. The molecule has 0 saturated heterocycles. The van der Waals surface area contributed by atoms with Gasteiger partial charge < -0.3 is 16.0 Å². The monoisotopic (exact) mass is 403 g/mol. The Morgan fingerprint density at radius 1 is 1.03 bits per heavy atom. The van der Waals surface area contributed by atoms with Gasteiger partial charge in [0.25, 0.3) is 5.56 Å². The molecule has 0 saturated carbocycles. The van der Waals surface area contributed by atoms with Crippen LogP contribution in [0.5, 0.6) is 0 Å². The molecule has 0 aliphatic carbocycles. The molecule has 2 amide bonds. The summed E-state index contributed by atoms with van der Waals surface area (Å²) in [5, 5.41) is 8.40. The average Bonchev–Trinajstić information content (AvgIpc) is 2.69. The molecule has 152 valence electrons. The quantitative estimate of drug-likeness (QED) is 0.534. The largest absolute Gasteiger partial charge is 0.326 e. The number of carbonyl (C=O) groups excluding carboxylic acids is 2. The summed E-state index contributed by atoms with van der Waals surface area (Å²) >= 11 is 0. The molecule has 0 fully saturated rings. The Bertz CT molecular complexity index is 1180. The van der Waals surface area contributed by atoms with Gasteiger partial charge in [-0.05, 0) is 43.7 Å². The molecule has 0 radical (unpaired) electrons. The van der Waals surface area contributed by atoms with Gasteiger partial charge in [-0.3, -0.25) is 19.4 Å². The van der Waals surface area contributed by atoms with Crippen molar-refractivity contribution in [3.05, 3.63) is 75.6 Å². The van der Waals surface area contributed by atoms with Crippen molar-refractivity contribution in [1.82, 2.24) is 9.97 Å². The standard InChI is InChI=1S/C22H21N5O3/c1-12-6-8-14(9-7-12)24-22-26-19-18(21(30)27-22)16(11-17(28)25-19)20(29)23-15-5-3-4-13(2)10-15/h3-10,16H,11H2,1-2H3,(H,23,29)(H3,24,25,26,27,28,30)/t16-/m0/s1. The number of aryl methyl sites for hydroxylation is 2. The number of amides is 2. The second kappa shape index (κ2) is 7.82. The number of H-pyrrole nitrogens is 1. The van der Waals surface area contributed by atoms with Crippen molar-refractivity contribution in [3.63, 3.8) is 0 Å². The number of hydrogen-bond donors (Lipinski definition) is 4. The molecule has 1 aliphatic heterocycles. The minimum Gasteiger partial charge on any atom is -0.326 e. The van der Waals surface area contributed by atoms with Crippen LogP contribution < -0.4 is 21.5 Å². The van der Waals surface area contributed by atoms with Crippen molar-refractivity contribution in [1.29, 1.82) is 0 Å². The molecule has 4 N–H and O–H groups in total. The Morgan fingerprint density at radius 3 is 2.53 bits per heavy atom. The van der Waals surface area contributed by atoms with Gasteiger partial charge in [0, 0.05) is 17.8 Å². The Kier molecular flexibility index (Phi) is 5.05. The van der Waals surface area contributed by atoms with Crippen LogP contribution in [-0.2, 0) is 9.59 Å². The number of rotatable bonds is 4. The number of nitrogens with one attached hydrogen (secondary N) is 4. The molecule has 0 spiro atoms. The van der Waals surface area contributed by atoms with Gasteiger partial charge in [-0.25, -0.2) is 0 Å². The molecule has 1 atom stereocenters. The lowest BCUT2D eigenvalue weighted by Crippen LogP contribution is -2.36. The minimum absolute atomic E-state index is 0.0917. The fourth-order valence-electron chi connectivity index (χ4n) is 3.38. The summed E-state index contributed by atoms with van der Waals surface area (Å²) in [4.78, 5) is 44.8. The van der Waals surface area contributed by atoms with Crippen LogP contribution in [0.1, 0.15) is 29.0 Å². The van der Waals surface area contributed by atoms with E-state index >= 15 is 0 Å². The summed E-state index contributed by atoms with van der Waals surface area (Å²) in [6, 6.07) is 14.9. The molecule has 8 heteroatoms. The van der Waals surface area contributed by atoms with Gasteiger partial charge in [-0.15, -0.1) is 0 Å². The summed E-state index contributed by atoms with van der Waals surface area (Å²) in [6.07, 6.45) is -0.125. The molecule has 0 unspecified atom stereocenters. The fraction of sp³-hybridized carbons (Fsp3) is 0.182. The van der Waals surface area contributed by atoms with E-state index in [2.05, 4.69) is 25.9 Å². The summed E-state index contributed by atoms with van der Waals surface area (Å²) < 4.78 is 0. The number of carbonyl (C=O) groups is 2. The summed E-state index contributed by atoms with van der Waals surface area (Å²) in [6.45, 7) is 3.89. The van der Waals surface area contributed by atoms with Crippen LogP contribution in [0.25, 0.3) is 0 Å². The third kappa shape index (κ3) is 4.07. The molecule has 2 heterocycles. The smallest absolute Gasteiger partial charge is 0.258 e. The van der Waals surface area contributed by atoms with Crippen molar-refractivity contribution >= 4 is 35.0 Å². The number of anilines is 4. The number of benzene rings is 2. The molecule has 8 nitrogen and oxygen atoms in total. The highest BCUT2D eigenvalue weighted by molar-refractivity contribution is 6.04. The SMILES string of the molecule is Cc1ccc(Nc2nc3c(c(=O)[nH]2)[C@@H](C(=O)Nc2cccc(C)c2)CC(=O)N3)cc1. The van der Waals surface area contributed by atoms with Gasteiger partial charge in [0.1, 0.15) is 5.82 Å². The fourth-order valence-corrected chi connectivity index (χ4v) is 3.38. The van der Waals surface area contributed by atoms with Crippen molar-refractivity contribution in [3.8, 4) is 0 Å². The van der Waals surface area contributed by atoms with E-state index in [1.165, 1.54) is 0 Å². The number of fused-ring (bicyclic) bond motifs is 1. The van der Waals surface area contributed by atoms with Crippen LogP contribution in [0.3, 0.4) is 0 Å². The first-order chi connectivity index (χ1) is 14.4. The zero-order valence-corrected chi connectivity index (χ0v) is 16.6. The Hall–Kier alpha value is -3.94. The zero-order chi connectivity index (χ0) is 21.3. The van der Waals surface area contributed by atoms with E-state index in [0.29, 0.717) is 5.69 Å². The van der Waals surface area contributed by atoms with Crippen LogP contribution in [0.15, 0.2) is 53.3 Å².